The fourth-order valence-electron chi connectivity index (χ4n) is 0.657. The van der Waals surface area contributed by atoms with E-state index in [1.54, 1.807) is 12.5 Å². The summed E-state index contributed by atoms with van der Waals surface area (Å²) in [7, 11) is 0. The molecule has 5 heteroatoms. The maximum Gasteiger partial charge on any atom is 0.0921 e. The highest BCUT2D eigenvalue weighted by Crippen LogP contribution is 2.10. The van der Waals surface area contributed by atoms with Crippen molar-refractivity contribution >= 4 is 29.6 Å². The van der Waals surface area contributed by atoms with Crippen LogP contribution in [0, 0.1) is 0 Å². The van der Waals surface area contributed by atoms with E-state index in [1.165, 1.54) is 0 Å². The van der Waals surface area contributed by atoms with Gasteiger partial charge in [-0.3, -0.25) is 0 Å². The molecule has 1 unspecified atom stereocenters. The molecule has 11 heavy (non-hydrogen) atoms. The summed E-state index contributed by atoms with van der Waals surface area (Å²) in [4.78, 5) is 7.28. The molecule has 0 radical (unpaired) electrons. The van der Waals surface area contributed by atoms with E-state index in [-0.39, 0.29) is 18.3 Å². The van der Waals surface area contributed by atoms with Crippen molar-refractivity contribution in [3.05, 3.63) is 18.2 Å². The van der Waals surface area contributed by atoms with Gasteiger partial charge in [0.1, 0.15) is 0 Å². The minimum atomic E-state index is 0. The Morgan fingerprint density at radius 2 is 2.45 bits per heavy atom. The quantitative estimate of drug-likeness (QED) is 0.692. The molecule has 0 spiro atoms. The predicted molar refractivity (Wildman–Crippen MR) is 51.0 cm³/mol. The molecule has 0 aliphatic heterocycles. The molecule has 1 aromatic rings. The summed E-state index contributed by atoms with van der Waals surface area (Å²) in [6.07, 6.45) is 3.34. The van der Waals surface area contributed by atoms with E-state index < -0.39 is 0 Å². The van der Waals surface area contributed by atoms with Crippen LogP contribution in [0.5, 0.6) is 0 Å². The first-order valence-corrected chi connectivity index (χ1v) is 3.40. The summed E-state index contributed by atoms with van der Waals surface area (Å²) in [5, 5.41) is 0. The van der Waals surface area contributed by atoms with Crippen molar-refractivity contribution in [3.63, 3.8) is 0 Å². The SMILES string of the molecule is CC(C(N)=S)c1cnc[nH]1.Cl. The first kappa shape index (κ1) is 10.4. The van der Waals surface area contributed by atoms with E-state index in [9.17, 15) is 0 Å². The molecule has 0 bridgehead atoms. The van der Waals surface area contributed by atoms with Gasteiger partial charge in [0.25, 0.3) is 0 Å². The summed E-state index contributed by atoms with van der Waals surface area (Å²) in [5.74, 6) is 0.0949. The average molecular weight is 192 g/mol. The molecule has 1 rings (SSSR count). The Morgan fingerprint density at radius 1 is 1.82 bits per heavy atom. The Kier molecular flexibility index (Phi) is 4.07. The summed E-state index contributed by atoms with van der Waals surface area (Å²) >= 11 is 4.80. The Labute approximate surface area is 76.8 Å². The second-order valence-electron chi connectivity index (χ2n) is 2.13. The highest BCUT2D eigenvalue weighted by Gasteiger charge is 2.07. The Balaban J connectivity index is 0.000001000. The molecule has 0 fully saturated rings. The smallest absolute Gasteiger partial charge is 0.0921 e. The van der Waals surface area contributed by atoms with E-state index in [0.717, 1.165) is 5.69 Å². The van der Waals surface area contributed by atoms with Crippen LogP contribution < -0.4 is 5.73 Å². The lowest BCUT2D eigenvalue weighted by Gasteiger charge is -2.04. The normalized spacial score (nSPS) is 11.7. The van der Waals surface area contributed by atoms with Crippen LogP contribution in [0.2, 0.25) is 0 Å². The highest BCUT2D eigenvalue weighted by atomic mass is 35.5. The summed E-state index contributed by atoms with van der Waals surface area (Å²) in [5.41, 5.74) is 6.38. The minimum absolute atomic E-state index is 0. The van der Waals surface area contributed by atoms with Gasteiger partial charge in [-0.2, -0.15) is 0 Å². The van der Waals surface area contributed by atoms with Gasteiger partial charge in [0, 0.05) is 17.8 Å². The molecule has 1 heterocycles. The topological polar surface area (TPSA) is 54.7 Å². The summed E-state index contributed by atoms with van der Waals surface area (Å²) in [6.45, 7) is 1.94. The monoisotopic (exact) mass is 191 g/mol. The molecule has 3 nitrogen and oxygen atoms in total. The lowest BCUT2D eigenvalue weighted by atomic mass is 10.1. The van der Waals surface area contributed by atoms with E-state index >= 15 is 0 Å². The third-order valence-electron chi connectivity index (χ3n) is 1.41. The summed E-state index contributed by atoms with van der Waals surface area (Å²) in [6, 6.07) is 0. The van der Waals surface area contributed by atoms with Crippen molar-refractivity contribution < 1.29 is 0 Å². The first-order valence-electron chi connectivity index (χ1n) is 2.99. The van der Waals surface area contributed by atoms with Gasteiger partial charge in [-0.1, -0.05) is 19.1 Å². The van der Waals surface area contributed by atoms with Gasteiger partial charge < -0.3 is 10.7 Å². The van der Waals surface area contributed by atoms with E-state index in [1.807, 2.05) is 6.92 Å². The van der Waals surface area contributed by atoms with Crippen LogP contribution in [-0.2, 0) is 0 Å². The number of hydrogen-bond donors (Lipinski definition) is 2. The van der Waals surface area contributed by atoms with Gasteiger partial charge in [-0.05, 0) is 0 Å². The van der Waals surface area contributed by atoms with Gasteiger partial charge in [-0.25, -0.2) is 4.98 Å². The van der Waals surface area contributed by atoms with Crippen LogP contribution in [0.15, 0.2) is 12.5 Å². The first-order chi connectivity index (χ1) is 4.72. The molecule has 0 saturated carbocycles. The van der Waals surface area contributed by atoms with Gasteiger partial charge in [0.15, 0.2) is 0 Å². The van der Waals surface area contributed by atoms with Crippen LogP contribution >= 0.6 is 24.6 Å². The van der Waals surface area contributed by atoms with Crippen molar-refractivity contribution in [2.75, 3.05) is 0 Å². The lowest BCUT2D eigenvalue weighted by molar-refractivity contribution is 0.972. The second kappa shape index (κ2) is 4.31. The number of nitrogens with one attached hydrogen (secondary N) is 1. The number of thiocarbonyl (C=S) groups is 1. The number of hydrogen-bond acceptors (Lipinski definition) is 2. The number of aromatic nitrogens is 2. The van der Waals surface area contributed by atoms with Crippen LogP contribution in [-0.4, -0.2) is 15.0 Å². The molecule has 0 aromatic carbocycles. The molecule has 0 aliphatic rings. The van der Waals surface area contributed by atoms with Crippen LogP contribution in [0.4, 0.5) is 0 Å². The van der Waals surface area contributed by atoms with Crippen molar-refractivity contribution in [2.45, 2.75) is 12.8 Å². The largest absolute Gasteiger partial charge is 0.393 e. The number of aromatic amines is 1. The molecule has 1 atom stereocenters. The molecule has 62 valence electrons. The van der Waals surface area contributed by atoms with E-state index in [2.05, 4.69) is 9.97 Å². The van der Waals surface area contributed by atoms with Crippen molar-refractivity contribution in [1.29, 1.82) is 0 Å². The molecule has 0 aliphatic carbocycles. The standard InChI is InChI=1S/C6H9N3S.ClH/c1-4(6(7)10)5-2-8-3-9-5;/h2-4H,1H3,(H2,7,10)(H,8,9);1H. The summed E-state index contributed by atoms with van der Waals surface area (Å²) < 4.78 is 0. The van der Waals surface area contributed by atoms with Crippen molar-refractivity contribution in [2.24, 2.45) is 5.73 Å². The number of nitrogens with zero attached hydrogens (tertiary/aromatic N) is 1. The second-order valence-corrected chi connectivity index (χ2v) is 2.60. The molecular formula is C6H10ClN3S. The number of rotatable bonds is 2. The number of nitrogens with two attached hydrogens (primary N) is 1. The van der Waals surface area contributed by atoms with Crippen LogP contribution in [0.1, 0.15) is 18.5 Å². The lowest BCUT2D eigenvalue weighted by Crippen LogP contribution is -2.16. The average Bonchev–Trinajstić information content (AvgIpc) is 2.36. The zero-order valence-electron chi connectivity index (χ0n) is 6.07. The number of halogens is 1. The Bertz CT molecular complexity index is 222. The molecule has 0 amide bonds. The number of imidazole rings is 1. The zero-order chi connectivity index (χ0) is 7.56. The van der Waals surface area contributed by atoms with Gasteiger partial charge >= 0.3 is 0 Å². The molecule has 3 N–H and O–H groups in total. The third kappa shape index (κ3) is 2.48. The Morgan fingerprint density at radius 3 is 2.82 bits per heavy atom. The fraction of sp³-hybridized carbons (Fsp3) is 0.333. The predicted octanol–water partition coefficient (Wildman–Crippen LogP) is 1.22. The zero-order valence-corrected chi connectivity index (χ0v) is 7.71. The minimum Gasteiger partial charge on any atom is -0.393 e. The number of H-pyrrole nitrogens is 1. The van der Waals surface area contributed by atoms with Crippen molar-refractivity contribution in [1.82, 2.24) is 9.97 Å². The highest BCUT2D eigenvalue weighted by molar-refractivity contribution is 7.80. The van der Waals surface area contributed by atoms with Crippen LogP contribution in [0.25, 0.3) is 0 Å². The van der Waals surface area contributed by atoms with Gasteiger partial charge in [0.05, 0.1) is 11.3 Å². The third-order valence-corrected chi connectivity index (χ3v) is 1.77. The van der Waals surface area contributed by atoms with Gasteiger partial charge in [0.2, 0.25) is 0 Å². The van der Waals surface area contributed by atoms with E-state index in [4.69, 9.17) is 18.0 Å². The van der Waals surface area contributed by atoms with Crippen LogP contribution in [0.3, 0.4) is 0 Å². The molecular weight excluding hydrogens is 182 g/mol. The van der Waals surface area contributed by atoms with E-state index in [0.29, 0.717) is 4.99 Å². The van der Waals surface area contributed by atoms with Gasteiger partial charge in [-0.15, -0.1) is 12.4 Å². The fourth-order valence-corrected chi connectivity index (χ4v) is 0.784. The maximum atomic E-state index is 5.41. The molecule has 1 aromatic heterocycles. The maximum absolute atomic E-state index is 5.41. The molecule has 0 saturated heterocycles. The van der Waals surface area contributed by atoms with Crippen molar-refractivity contribution in [3.8, 4) is 0 Å². The Hall–Kier alpha value is -0.610.